The van der Waals surface area contributed by atoms with Crippen LogP contribution < -0.4 is 15.9 Å². The van der Waals surface area contributed by atoms with Crippen molar-refractivity contribution in [2.45, 2.75) is 0 Å². The van der Waals surface area contributed by atoms with Crippen molar-refractivity contribution in [2.75, 3.05) is 13.5 Å². The van der Waals surface area contributed by atoms with E-state index in [-0.39, 0.29) is 5.48 Å². The van der Waals surface area contributed by atoms with Crippen molar-refractivity contribution < 1.29 is 10.2 Å². The number of rotatable bonds is 5. The molecule has 118 valence electrons. The van der Waals surface area contributed by atoms with Gasteiger partial charge in [-0.25, -0.2) is 0 Å². The van der Waals surface area contributed by atoms with Gasteiger partial charge in [0.1, 0.15) is 23.2 Å². The summed E-state index contributed by atoms with van der Waals surface area (Å²) >= 11 is 0. The lowest BCUT2D eigenvalue weighted by Gasteiger charge is -2.26. The summed E-state index contributed by atoms with van der Waals surface area (Å²) in [6, 6.07) is 32.3. The van der Waals surface area contributed by atoms with E-state index in [1.165, 1.54) is 15.9 Å². The highest BCUT2D eigenvalue weighted by Gasteiger charge is 2.45. The maximum Gasteiger partial charge on any atom is 0.170 e. The minimum absolute atomic E-state index is 0. The zero-order valence-electron chi connectivity index (χ0n) is 13.2. The van der Waals surface area contributed by atoms with Crippen LogP contribution in [0.1, 0.15) is 0 Å². The van der Waals surface area contributed by atoms with Gasteiger partial charge in [-0.3, -0.25) is 0 Å². The van der Waals surface area contributed by atoms with E-state index in [2.05, 4.69) is 91.0 Å². The maximum absolute atomic E-state index is 5.72. The van der Waals surface area contributed by atoms with Gasteiger partial charge >= 0.3 is 0 Å². The van der Waals surface area contributed by atoms with Crippen LogP contribution in [0.25, 0.3) is 0 Å². The van der Waals surface area contributed by atoms with Gasteiger partial charge in [-0.2, -0.15) is 0 Å². The highest BCUT2D eigenvalue weighted by molar-refractivity contribution is 7.95. The van der Waals surface area contributed by atoms with E-state index in [0.29, 0.717) is 6.35 Å². The topological polar surface area (TPSA) is 40.7 Å². The normalized spacial score (nSPS) is 10.8. The van der Waals surface area contributed by atoms with Gasteiger partial charge in [0.2, 0.25) is 0 Å². The maximum atomic E-state index is 5.72. The van der Waals surface area contributed by atoms with Crippen molar-refractivity contribution in [1.29, 1.82) is 0 Å². The van der Waals surface area contributed by atoms with E-state index in [1.54, 1.807) is 7.11 Å². The largest absolute Gasteiger partial charge is 0.412 e. The molecule has 0 fully saturated rings. The van der Waals surface area contributed by atoms with E-state index in [9.17, 15) is 0 Å². The Morgan fingerprint density at radius 1 is 0.609 bits per heavy atom. The van der Waals surface area contributed by atoms with Crippen LogP contribution in [0.4, 0.5) is 0 Å². The summed E-state index contributed by atoms with van der Waals surface area (Å²) in [5, 5.41) is 4.07. The fraction of sp³-hybridized carbons (Fsp3) is 0.100. The molecule has 3 heteroatoms. The molecule has 0 spiro atoms. The molecule has 2 nitrogen and oxygen atoms in total. The van der Waals surface area contributed by atoms with Crippen molar-refractivity contribution in [1.82, 2.24) is 0 Å². The standard InChI is InChI=1S/C20H20OP.H2O/c1-21-17-22(18-11-5-2-6-12-18,19-13-7-3-8-14-19)20-15-9-4-10-16-20;/h2-16H,17H2,1H3;1H2/q+1;. The predicted molar refractivity (Wildman–Crippen MR) is 101 cm³/mol. The summed E-state index contributed by atoms with van der Waals surface area (Å²) in [5.41, 5.74) is 0. The molecule has 0 aromatic heterocycles. The van der Waals surface area contributed by atoms with Gasteiger partial charge in [0.15, 0.2) is 6.35 Å². The molecule has 23 heavy (non-hydrogen) atoms. The second-order valence-electron chi connectivity index (χ2n) is 5.23. The van der Waals surface area contributed by atoms with Crippen molar-refractivity contribution in [3.63, 3.8) is 0 Å². The summed E-state index contributed by atoms with van der Waals surface area (Å²) in [7, 11) is 0.0197. The van der Waals surface area contributed by atoms with Crippen molar-refractivity contribution in [3.05, 3.63) is 91.0 Å². The summed E-state index contributed by atoms with van der Waals surface area (Å²) in [5.74, 6) is 0. The van der Waals surface area contributed by atoms with Crippen molar-refractivity contribution in [2.24, 2.45) is 0 Å². The van der Waals surface area contributed by atoms with Gasteiger partial charge in [-0.05, 0) is 36.4 Å². The van der Waals surface area contributed by atoms with E-state index in [1.807, 2.05) is 0 Å². The molecule has 0 aliphatic rings. The van der Waals surface area contributed by atoms with E-state index in [4.69, 9.17) is 4.74 Å². The third-order valence-corrected chi connectivity index (χ3v) is 8.10. The van der Waals surface area contributed by atoms with Gasteiger partial charge < -0.3 is 10.2 Å². The average Bonchev–Trinajstić information content (AvgIpc) is 2.62. The Kier molecular flexibility index (Phi) is 6.06. The third kappa shape index (κ3) is 3.35. The van der Waals surface area contributed by atoms with Gasteiger partial charge in [-0.15, -0.1) is 0 Å². The number of hydrogen-bond acceptors (Lipinski definition) is 1. The molecule has 0 saturated heterocycles. The molecule has 0 radical (unpaired) electrons. The van der Waals surface area contributed by atoms with E-state index in [0.717, 1.165) is 0 Å². The summed E-state index contributed by atoms with van der Waals surface area (Å²) in [4.78, 5) is 0. The zero-order valence-corrected chi connectivity index (χ0v) is 14.1. The minimum Gasteiger partial charge on any atom is -0.412 e. The number of ether oxygens (including phenoxy) is 1. The Morgan fingerprint density at radius 3 is 1.17 bits per heavy atom. The van der Waals surface area contributed by atoms with Crippen LogP contribution in [0.2, 0.25) is 0 Å². The van der Waals surface area contributed by atoms with Crippen LogP contribution in [-0.4, -0.2) is 18.9 Å². The molecule has 0 atom stereocenters. The lowest BCUT2D eigenvalue weighted by Crippen LogP contribution is -2.33. The van der Waals surface area contributed by atoms with Gasteiger partial charge in [0, 0.05) is 7.11 Å². The van der Waals surface area contributed by atoms with Crippen LogP contribution in [0.5, 0.6) is 0 Å². The zero-order chi connectivity index (χ0) is 15.3. The number of methoxy groups -OCH3 is 1. The fourth-order valence-electron chi connectivity index (χ4n) is 2.91. The summed E-state index contributed by atoms with van der Waals surface area (Å²) < 4.78 is 5.72. The molecule has 0 unspecified atom stereocenters. The van der Waals surface area contributed by atoms with Crippen LogP contribution in [0.3, 0.4) is 0 Å². The first-order valence-corrected chi connectivity index (χ1v) is 9.39. The number of hydrogen-bond donors (Lipinski definition) is 0. The first-order chi connectivity index (χ1) is 10.9. The Labute approximate surface area is 138 Å². The van der Waals surface area contributed by atoms with E-state index < -0.39 is 7.26 Å². The molecule has 0 amide bonds. The monoisotopic (exact) mass is 325 g/mol. The lowest BCUT2D eigenvalue weighted by atomic mass is 10.4. The SMILES string of the molecule is COC[P+](c1ccccc1)(c1ccccc1)c1ccccc1.O. The molecular weight excluding hydrogens is 303 g/mol. The van der Waals surface area contributed by atoms with Gasteiger partial charge in [-0.1, -0.05) is 54.6 Å². The average molecular weight is 325 g/mol. The molecule has 0 bridgehead atoms. The second-order valence-corrected chi connectivity index (χ2v) is 8.66. The molecule has 2 N–H and O–H groups in total. The van der Waals surface area contributed by atoms with Crippen LogP contribution in [0, 0.1) is 0 Å². The second kappa shape index (κ2) is 8.03. The first kappa shape index (κ1) is 17.4. The smallest absolute Gasteiger partial charge is 0.170 e. The Hall–Kier alpha value is -1.99. The van der Waals surface area contributed by atoms with E-state index >= 15 is 0 Å². The Morgan fingerprint density at radius 2 is 0.913 bits per heavy atom. The summed E-state index contributed by atoms with van der Waals surface area (Å²) in [6.07, 6.45) is 0.713. The van der Waals surface area contributed by atoms with Crippen molar-refractivity contribution >= 4 is 23.2 Å². The summed E-state index contributed by atoms with van der Waals surface area (Å²) in [6.45, 7) is 0. The Bertz CT molecular complexity index is 603. The molecule has 3 aromatic carbocycles. The quantitative estimate of drug-likeness (QED) is 0.665. The molecule has 0 heterocycles. The molecular formula is C20H22O2P+. The molecule has 3 aromatic rings. The van der Waals surface area contributed by atoms with Crippen LogP contribution in [0.15, 0.2) is 91.0 Å². The fourth-order valence-corrected chi connectivity index (χ4v) is 6.68. The van der Waals surface area contributed by atoms with Crippen LogP contribution >= 0.6 is 7.26 Å². The third-order valence-electron chi connectivity index (χ3n) is 3.91. The molecule has 0 aliphatic heterocycles. The first-order valence-electron chi connectivity index (χ1n) is 7.42. The van der Waals surface area contributed by atoms with Gasteiger partial charge in [0.25, 0.3) is 0 Å². The molecule has 3 rings (SSSR count). The highest BCUT2D eigenvalue weighted by Crippen LogP contribution is 2.54. The Balaban J connectivity index is 0.00000192. The van der Waals surface area contributed by atoms with Gasteiger partial charge in [0.05, 0.1) is 0 Å². The molecule has 0 aliphatic carbocycles. The van der Waals surface area contributed by atoms with Crippen LogP contribution in [-0.2, 0) is 4.74 Å². The predicted octanol–water partition coefficient (Wildman–Crippen LogP) is 2.76. The van der Waals surface area contributed by atoms with Crippen molar-refractivity contribution in [3.8, 4) is 0 Å². The highest BCUT2D eigenvalue weighted by atomic mass is 31.2. The lowest BCUT2D eigenvalue weighted by molar-refractivity contribution is 0.255. The number of benzene rings is 3. The molecule has 0 saturated carbocycles. The minimum atomic E-state index is -1.78.